The Morgan fingerprint density at radius 3 is 0.889 bits per heavy atom. The highest BCUT2D eigenvalue weighted by molar-refractivity contribution is 7.90. The van der Waals surface area contributed by atoms with E-state index < -0.39 is 63.3 Å². The highest BCUT2D eigenvalue weighted by Gasteiger charge is 2.39. The van der Waals surface area contributed by atoms with E-state index in [2.05, 4.69) is 165 Å². The second kappa shape index (κ2) is 46.0. The van der Waals surface area contributed by atoms with Crippen LogP contribution >= 0.6 is 0 Å². The molecule has 2 aliphatic heterocycles. The lowest BCUT2D eigenvalue weighted by molar-refractivity contribution is -0.137. The summed E-state index contributed by atoms with van der Waals surface area (Å²) in [6, 6.07) is 29.9. The van der Waals surface area contributed by atoms with E-state index in [0.29, 0.717) is 109 Å². The van der Waals surface area contributed by atoms with Gasteiger partial charge in [-0.3, -0.25) is 9.59 Å². The van der Waals surface area contributed by atoms with Crippen LogP contribution in [0, 0.1) is 57.3 Å². The van der Waals surface area contributed by atoms with E-state index in [1.807, 2.05) is 72.9 Å². The van der Waals surface area contributed by atoms with Gasteiger partial charge in [-0.2, -0.15) is 17.5 Å². The van der Waals surface area contributed by atoms with E-state index in [0.717, 1.165) is 140 Å². The number of amides is 2. The number of carbonyl (C=O) groups is 2. The third kappa shape index (κ3) is 29.5. The van der Waals surface area contributed by atoms with Crippen molar-refractivity contribution in [3.05, 3.63) is 164 Å². The Balaban J connectivity index is 0.000000183. The molecule has 8 aromatic rings. The minimum absolute atomic E-state index is 0.00540. The molecule has 29 heteroatoms. The third-order valence-corrected chi connectivity index (χ3v) is 36.6. The monoisotopic (exact) mass is 2070 g/mol. The van der Waals surface area contributed by atoms with Crippen LogP contribution in [-0.4, -0.2) is 149 Å². The van der Waals surface area contributed by atoms with Crippen LogP contribution in [0.3, 0.4) is 0 Å². The van der Waals surface area contributed by atoms with E-state index in [1.54, 1.807) is 47.5 Å². The number of rotatable bonds is 22. The summed E-state index contributed by atoms with van der Waals surface area (Å²) in [7, 11) is -11.8. The van der Waals surface area contributed by atoms with E-state index in [1.165, 1.54) is 130 Å². The number of alkyl halides is 3. The van der Waals surface area contributed by atoms with Crippen molar-refractivity contribution in [2.75, 3.05) is 60.2 Å². The second-order valence-corrected chi connectivity index (χ2v) is 56.1. The van der Waals surface area contributed by atoms with Gasteiger partial charge in [-0.1, -0.05) is 193 Å². The number of primary sulfonamides is 2. The molecule has 0 bridgehead atoms. The van der Waals surface area contributed by atoms with Crippen LogP contribution < -0.4 is 15.0 Å². The topological polar surface area (TPSA) is 283 Å². The summed E-state index contributed by atoms with van der Waals surface area (Å²) in [6.45, 7) is 58.8. The van der Waals surface area contributed by atoms with Gasteiger partial charge in [-0.25, -0.2) is 48.7 Å². The van der Waals surface area contributed by atoms with Gasteiger partial charge in [-0.05, 0) is 325 Å². The molecular weight excluding hydrogens is 1900 g/mol. The first kappa shape index (κ1) is 117. The van der Waals surface area contributed by atoms with Crippen molar-refractivity contribution < 1.29 is 65.9 Å². The van der Waals surface area contributed by atoms with E-state index in [-0.39, 0.29) is 65.4 Å². The van der Waals surface area contributed by atoms with Crippen LogP contribution in [0.2, 0.25) is 0 Å². The number of hydrogen-bond donors (Lipinski definition) is 3. The molecule has 5 N–H and O–H groups in total. The molecule has 144 heavy (non-hydrogen) atoms. The van der Waals surface area contributed by atoms with Gasteiger partial charge in [0.15, 0.2) is 0 Å². The summed E-state index contributed by atoms with van der Waals surface area (Å²) in [5.74, 6) is 1.68. The predicted octanol–water partition coefficient (Wildman–Crippen LogP) is 25.4. The summed E-state index contributed by atoms with van der Waals surface area (Å²) >= 11 is 0. The normalized spacial score (nSPS) is 17.4. The van der Waals surface area contributed by atoms with Crippen LogP contribution in [0.5, 0.6) is 0 Å². The largest absolute Gasteiger partial charge is 0.416 e. The number of ether oxygens (including phenoxy) is 2. The molecule has 2 saturated heterocycles. The first-order valence-electron chi connectivity index (χ1n) is 52.8. The Labute approximate surface area is 862 Å². The standard InChI is InChI=1S/C32H50N2O3S.C30H46N2O3S.C28H43N3O3S.C25H34F3N3O3S/c1-23-30(38(35,36)33-21-24-13-15-37-16-14-24)20-29(34(23)22-25-11-9-8-10-12-25)26-17-27(31(2,3)4)19-28(18-26)32(5,6)7;1-22-28(36(33,34)31-13-15-35-16-14-31)20-27(32(22)21-23-11-9-8-10-12-23)24-17-25(29(2,3)4)19-26(18-24)30(5,6)7;1-19-25(35(29,33)34)17-24(31(19)18-20-12-10-9-11-13-20)21-14-22(16-23(15-21)27(2,3)4)26(32)30(8)28(5,6)7;1-16-22(35(29,33)34)14-21(31(16)15-17-9-7-6-8-10-17)18-11-19(13-20(12-18)25(26,27)28)23(32)30(5)24(2,3)4/h17-20,24-25,33H,8-16,21-22H2,1-7H3;17-20,23H,8-16,21H2,1-7H3;14-17,20H,9-13,18H2,1-8H3,(H2,29,33,34);11-14,17H,6-10,15H2,1-5H3,(H2,29,33,34). The zero-order valence-electron chi connectivity index (χ0n) is 91.9. The summed E-state index contributed by atoms with van der Waals surface area (Å²) in [4.78, 5) is 30.7. The molecule has 4 aliphatic carbocycles. The second-order valence-electron chi connectivity index (χ2n) is 49.4. The maximum Gasteiger partial charge on any atom is 0.416 e. The fraction of sp³-hybridized carbons (Fsp3) is 0.635. The number of nitrogens with two attached hydrogens (primary N) is 2. The number of benzene rings is 4. The van der Waals surface area contributed by atoms with Crippen molar-refractivity contribution in [2.45, 2.75) is 404 Å². The third-order valence-electron chi connectivity index (χ3n) is 31.0. The van der Waals surface area contributed by atoms with Gasteiger partial charge < -0.3 is 37.5 Å². The van der Waals surface area contributed by atoms with E-state index in [4.69, 9.17) is 19.8 Å². The molecule has 0 unspecified atom stereocenters. The molecule has 14 rings (SSSR count). The zero-order valence-corrected chi connectivity index (χ0v) is 95.2. The fourth-order valence-corrected chi connectivity index (χ4v) is 25.5. The van der Waals surface area contributed by atoms with Crippen LogP contribution in [0.4, 0.5) is 13.2 Å². The molecule has 4 aromatic heterocycles. The Morgan fingerprint density at radius 2 is 0.597 bits per heavy atom. The molecule has 22 nitrogen and oxygen atoms in total. The average molecular weight is 2070 g/mol. The molecule has 4 saturated carbocycles. The van der Waals surface area contributed by atoms with Crippen molar-refractivity contribution in [3.8, 4) is 45.0 Å². The molecule has 6 aliphatic rings. The highest BCUT2D eigenvalue weighted by atomic mass is 32.2. The zero-order chi connectivity index (χ0) is 107. The molecule has 0 spiro atoms. The SMILES string of the molecule is Cc1c(S(=O)(=O)N2CCOCC2)cc(-c2cc(C(C)(C)C)cc(C(C)(C)C)c2)n1CC1CCCCC1.Cc1c(S(=O)(=O)NCC2CCOCC2)cc(-c2cc(C(C)(C)C)cc(C(C)(C)C)c2)n1CC1CCCCC1.Cc1c(S(N)(=O)=O)cc(-c2cc(C(=O)N(C)C(C)(C)C)cc(C(C)(C)C)c2)n1CC1CCCCC1.Cc1c(S(N)(=O)=O)cc(-c2cc(C(=O)N(C)C(C)(C)C)cc(C(F)(F)F)c2)n1CC1CCCCC1. The van der Waals surface area contributed by atoms with Gasteiger partial charge in [0.2, 0.25) is 40.1 Å². The van der Waals surface area contributed by atoms with E-state index >= 15 is 0 Å². The summed E-state index contributed by atoms with van der Waals surface area (Å²) in [6.07, 6.45) is 20.8. The van der Waals surface area contributed by atoms with Gasteiger partial charge >= 0.3 is 6.18 Å². The van der Waals surface area contributed by atoms with Gasteiger partial charge in [0, 0.05) is 141 Å². The molecule has 0 atom stereocenters. The molecule has 6 heterocycles. The number of halogens is 3. The van der Waals surface area contributed by atoms with Gasteiger partial charge in [0.25, 0.3) is 11.8 Å². The fourth-order valence-electron chi connectivity index (χ4n) is 20.9. The Bertz CT molecular complexity index is 6040. The number of morpholine rings is 1. The molecule has 6 fully saturated rings. The number of carbonyl (C=O) groups excluding carboxylic acids is 2. The Morgan fingerprint density at radius 1 is 0.340 bits per heavy atom. The molecule has 0 radical (unpaired) electrons. The van der Waals surface area contributed by atoms with E-state index in [9.17, 15) is 56.4 Å². The Hall–Kier alpha value is -7.71. The van der Waals surface area contributed by atoms with Crippen molar-refractivity contribution in [2.24, 2.45) is 39.9 Å². The summed E-state index contributed by atoms with van der Waals surface area (Å²) in [5.41, 5.74) is 13.6. The van der Waals surface area contributed by atoms with Crippen LogP contribution in [0.1, 0.15) is 364 Å². The molecule has 2 amide bonds. The minimum Gasteiger partial charge on any atom is -0.381 e. The maximum absolute atomic E-state index is 13.9. The smallest absolute Gasteiger partial charge is 0.381 e. The van der Waals surface area contributed by atoms with Crippen molar-refractivity contribution >= 4 is 51.9 Å². The number of sulfonamides is 4. The molecule has 800 valence electrons. The Kier molecular flexibility index (Phi) is 37.2. The van der Waals surface area contributed by atoms with Crippen molar-refractivity contribution in [1.29, 1.82) is 0 Å². The molecule has 4 aromatic carbocycles. The van der Waals surface area contributed by atoms with Gasteiger partial charge in [0.05, 0.1) is 18.8 Å². The lowest BCUT2D eigenvalue weighted by atomic mass is 9.79. The predicted molar refractivity (Wildman–Crippen MR) is 578 cm³/mol. The average Bonchev–Trinajstić information content (AvgIpc) is 1.60. The highest BCUT2D eigenvalue weighted by Crippen LogP contribution is 2.46. The molecular formula is C115H173F3N10O12S4. The first-order valence-corrected chi connectivity index (χ1v) is 58.8. The number of aromatic nitrogens is 4. The quantitative estimate of drug-likeness (QED) is 0.0571. The lowest BCUT2D eigenvalue weighted by Crippen LogP contribution is -2.42. The summed E-state index contributed by atoms with van der Waals surface area (Å²) in [5, 5.41) is 11.0. The maximum atomic E-state index is 13.9. The lowest BCUT2D eigenvalue weighted by Gasteiger charge is -2.32. The number of nitrogens with zero attached hydrogens (tertiary/aromatic N) is 7. The van der Waals surface area contributed by atoms with Crippen LogP contribution in [-0.2, 0) is 109 Å². The minimum atomic E-state index is -4.69. The first-order chi connectivity index (χ1) is 66.5. The number of nitrogens with one attached hydrogen (secondary N) is 1. The summed E-state index contributed by atoms with van der Waals surface area (Å²) < 4.78 is 170. The van der Waals surface area contributed by atoms with Crippen molar-refractivity contribution in [3.63, 3.8) is 0 Å². The van der Waals surface area contributed by atoms with Gasteiger partial charge in [0.1, 0.15) is 19.6 Å². The van der Waals surface area contributed by atoms with Crippen LogP contribution in [0.25, 0.3) is 45.0 Å². The van der Waals surface area contributed by atoms with Crippen LogP contribution in [0.15, 0.2) is 117 Å². The van der Waals surface area contributed by atoms with Crippen molar-refractivity contribution in [1.82, 2.24) is 37.1 Å². The number of hydrogen-bond acceptors (Lipinski definition) is 12. The van der Waals surface area contributed by atoms with Gasteiger partial charge in [-0.15, -0.1) is 0 Å².